The summed E-state index contributed by atoms with van der Waals surface area (Å²) < 4.78 is 74.7. The second-order valence-corrected chi connectivity index (χ2v) is 11.1. The number of hydrogen-bond acceptors (Lipinski definition) is 11. The molecule has 4 heterocycles. The number of rotatable bonds is 10. The molecule has 3 N–H and O–H groups in total. The second-order valence-electron chi connectivity index (χ2n) is 8.50. The largest absolute Gasteiger partial charge is 0.480 e. The molecule has 0 spiro atoms. The Balaban J connectivity index is 1.66. The van der Waals surface area contributed by atoms with E-state index in [1.54, 1.807) is 6.07 Å². The molecule has 0 bridgehead atoms. The number of nitrogens with zero attached hydrogens (tertiary/aromatic N) is 4. The molecule has 1 aliphatic rings. The summed E-state index contributed by atoms with van der Waals surface area (Å²) in [6.07, 6.45) is -2.39. The molecule has 12 nitrogen and oxygen atoms in total. The third-order valence-corrected chi connectivity index (χ3v) is 7.16. The number of morpholine rings is 1. The second kappa shape index (κ2) is 11.8. The van der Waals surface area contributed by atoms with Gasteiger partial charge in [0.05, 0.1) is 42.5 Å². The van der Waals surface area contributed by atoms with Gasteiger partial charge >= 0.3 is 12.1 Å². The zero-order chi connectivity index (χ0) is 28.2. The van der Waals surface area contributed by atoms with E-state index in [2.05, 4.69) is 15.0 Å². The van der Waals surface area contributed by atoms with E-state index in [9.17, 15) is 26.4 Å². The van der Waals surface area contributed by atoms with Crippen molar-refractivity contribution in [3.05, 3.63) is 23.2 Å². The number of aromatic nitrogens is 3. The van der Waals surface area contributed by atoms with Gasteiger partial charge in [-0.1, -0.05) is 0 Å². The van der Waals surface area contributed by atoms with E-state index in [0.717, 1.165) is 11.8 Å². The maximum absolute atomic E-state index is 12.4. The Bertz CT molecular complexity index is 1440. The van der Waals surface area contributed by atoms with Gasteiger partial charge in [-0.05, 0) is 11.4 Å². The lowest BCUT2D eigenvalue weighted by atomic mass is 10.1. The van der Waals surface area contributed by atoms with Crippen molar-refractivity contribution in [1.82, 2.24) is 25.6 Å². The van der Waals surface area contributed by atoms with Crippen LogP contribution in [0.2, 0.25) is 0 Å². The first-order valence-corrected chi connectivity index (χ1v) is 14.4. The van der Waals surface area contributed by atoms with E-state index in [0.29, 0.717) is 53.7 Å². The predicted octanol–water partition coefficient (Wildman–Crippen LogP) is 1.74. The fourth-order valence-electron chi connectivity index (χ4n) is 3.78. The summed E-state index contributed by atoms with van der Waals surface area (Å²) >= 11 is 1.37. The highest BCUT2D eigenvalue weighted by Gasteiger charge is 2.38. The average Bonchev–Trinajstić information content (AvgIpc) is 3.29. The minimum atomic E-state index is -4.93. The first-order chi connectivity index (χ1) is 18.5. The third kappa shape index (κ3) is 7.23. The van der Waals surface area contributed by atoms with Crippen LogP contribution in [0.15, 0.2) is 17.6 Å². The highest BCUT2D eigenvalue weighted by Crippen LogP contribution is 2.37. The van der Waals surface area contributed by atoms with Crippen LogP contribution in [0.4, 0.5) is 24.8 Å². The third-order valence-electron chi connectivity index (χ3n) is 5.54. The molecule has 4 rings (SSSR count). The maximum Gasteiger partial charge on any atom is 0.471 e. The van der Waals surface area contributed by atoms with Gasteiger partial charge in [0.2, 0.25) is 21.9 Å². The number of alkyl halides is 3. The molecule has 0 unspecified atom stereocenters. The molecule has 1 amide bonds. The lowest BCUT2D eigenvalue weighted by Gasteiger charge is -2.27. The molecule has 212 valence electrons. The number of sulfonamides is 1. The first-order valence-electron chi connectivity index (χ1n) is 11.6. The molecular weight excluding hydrogens is 563 g/mol. The Labute approximate surface area is 226 Å². The number of thiophene rings is 1. The van der Waals surface area contributed by atoms with Gasteiger partial charge in [-0.15, -0.1) is 11.3 Å². The molecule has 0 aromatic carbocycles. The summed E-state index contributed by atoms with van der Waals surface area (Å²) in [4.78, 5) is 26.8. The molecule has 1 aliphatic heterocycles. The van der Waals surface area contributed by atoms with Crippen molar-refractivity contribution >= 4 is 49.1 Å². The van der Waals surface area contributed by atoms with Crippen molar-refractivity contribution in [3.8, 4) is 17.1 Å². The SMILES string of the molecule is COc1ncc(-c2nc(N3CCOCC3)nc3c(CNCCNC(=O)C(F)(F)F)csc23)cc1NS(C)(=O)=O. The zero-order valence-electron chi connectivity index (χ0n) is 21.0. The van der Waals surface area contributed by atoms with Gasteiger partial charge in [-0.25, -0.2) is 23.4 Å². The molecular formula is C22H26F3N7O5S2. The molecule has 0 atom stereocenters. The lowest BCUT2D eigenvalue weighted by Crippen LogP contribution is -2.40. The van der Waals surface area contributed by atoms with E-state index < -0.39 is 22.1 Å². The van der Waals surface area contributed by atoms with Crippen molar-refractivity contribution in [3.63, 3.8) is 0 Å². The van der Waals surface area contributed by atoms with Gasteiger partial charge < -0.3 is 25.0 Å². The van der Waals surface area contributed by atoms with E-state index in [1.165, 1.54) is 24.6 Å². The highest BCUT2D eigenvalue weighted by atomic mass is 32.2. The smallest absolute Gasteiger partial charge is 0.471 e. The minimum Gasteiger partial charge on any atom is -0.480 e. The number of hydrogen-bond donors (Lipinski definition) is 3. The van der Waals surface area contributed by atoms with Crippen molar-refractivity contribution < 1.29 is 35.9 Å². The molecule has 0 aliphatic carbocycles. The summed E-state index contributed by atoms with van der Waals surface area (Å²) in [6.45, 7) is 2.34. The predicted molar refractivity (Wildman–Crippen MR) is 139 cm³/mol. The van der Waals surface area contributed by atoms with Gasteiger partial charge in [0.25, 0.3) is 0 Å². The van der Waals surface area contributed by atoms with Crippen LogP contribution in [-0.2, 0) is 26.1 Å². The van der Waals surface area contributed by atoms with Crippen molar-refractivity contribution in [2.24, 2.45) is 0 Å². The van der Waals surface area contributed by atoms with Gasteiger partial charge in [0, 0.05) is 50.0 Å². The molecule has 17 heteroatoms. The van der Waals surface area contributed by atoms with Gasteiger partial charge in [0.15, 0.2) is 0 Å². The number of pyridine rings is 1. The minimum absolute atomic E-state index is 0.0940. The molecule has 0 radical (unpaired) electrons. The Morgan fingerprint density at radius 2 is 1.97 bits per heavy atom. The van der Waals surface area contributed by atoms with Gasteiger partial charge in [0.1, 0.15) is 5.69 Å². The first kappa shape index (κ1) is 28.7. The Morgan fingerprint density at radius 1 is 1.23 bits per heavy atom. The number of methoxy groups -OCH3 is 1. The molecule has 39 heavy (non-hydrogen) atoms. The van der Waals surface area contributed by atoms with Gasteiger partial charge in [-0.3, -0.25) is 9.52 Å². The fourth-order valence-corrected chi connectivity index (χ4v) is 5.35. The number of amides is 1. The van der Waals surface area contributed by atoms with Crippen LogP contribution >= 0.6 is 11.3 Å². The number of carbonyl (C=O) groups is 1. The summed E-state index contributed by atoms with van der Waals surface area (Å²) in [6, 6.07) is 1.58. The van der Waals surface area contributed by atoms with E-state index in [4.69, 9.17) is 19.4 Å². The summed E-state index contributed by atoms with van der Waals surface area (Å²) in [5, 5.41) is 6.70. The summed E-state index contributed by atoms with van der Waals surface area (Å²) in [5.74, 6) is -1.45. The van der Waals surface area contributed by atoms with E-state index in [1.807, 2.05) is 15.6 Å². The summed E-state index contributed by atoms with van der Waals surface area (Å²) in [7, 11) is -2.24. The van der Waals surface area contributed by atoms with Crippen LogP contribution in [0.3, 0.4) is 0 Å². The number of anilines is 2. The van der Waals surface area contributed by atoms with Crippen LogP contribution in [0, 0.1) is 0 Å². The molecule has 1 saturated heterocycles. The Kier molecular flexibility index (Phi) is 8.73. The molecule has 1 fully saturated rings. The zero-order valence-corrected chi connectivity index (χ0v) is 22.6. The average molecular weight is 590 g/mol. The number of halogens is 3. The number of carbonyl (C=O) groups excluding carboxylic acids is 1. The van der Waals surface area contributed by atoms with Crippen molar-refractivity contribution in [2.75, 3.05) is 62.4 Å². The molecule has 0 saturated carbocycles. The van der Waals surface area contributed by atoms with Gasteiger partial charge in [-0.2, -0.15) is 13.2 Å². The topological polar surface area (TPSA) is 148 Å². The van der Waals surface area contributed by atoms with Crippen LogP contribution in [0.1, 0.15) is 5.56 Å². The van der Waals surface area contributed by atoms with Crippen LogP contribution in [0.5, 0.6) is 5.88 Å². The molecule has 3 aromatic heterocycles. The van der Waals surface area contributed by atoms with E-state index >= 15 is 0 Å². The highest BCUT2D eigenvalue weighted by molar-refractivity contribution is 7.92. The Hall–Kier alpha value is -3.28. The fraction of sp³-hybridized carbons (Fsp3) is 0.455. The quantitative estimate of drug-likeness (QED) is 0.299. The van der Waals surface area contributed by atoms with Crippen molar-refractivity contribution in [1.29, 1.82) is 0 Å². The van der Waals surface area contributed by atoms with Crippen molar-refractivity contribution in [2.45, 2.75) is 12.7 Å². The number of fused-ring (bicyclic) bond motifs is 1. The maximum atomic E-state index is 12.4. The summed E-state index contributed by atoms with van der Waals surface area (Å²) in [5.41, 5.74) is 2.62. The Morgan fingerprint density at radius 3 is 2.64 bits per heavy atom. The number of ether oxygens (including phenoxy) is 2. The lowest BCUT2D eigenvalue weighted by molar-refractivity contribution is -0.173. The number of nitrogens with one attached hydrogen (secondary N) is 3. The standard InChI is InChI=1S/C22H26F3N7O5S2/c1-36-19-15(31-39(2,34)35)9-13(11-28-19)16-18-17(30-21(29-16)32-5-7-37-8-6-32)14(12-38-18)10-26-3-4-27-20(33)22(23,24)25/h9,11-12,26,31H,3-8,10H2,1-2H3,(H,27,33). The van der Waals surface area contributed by atoms with Crippen LogP contribution in [0.25, 0.3) is 21.5 Å². The van der Waals surface area contributed by atoms with Crippen LogP contribution < -0.4 is 25.0 Å². The monoisotopic (exact) mass is 589 g/mol. The van der Waals surface area contributed by atoms with E-state index in [-0.39, 0.29) is 31.2 Å². The normalized spacial score (nSPS) is 14.4. The molecule has 3 aromatic rings. The van der Waals surface area contributed by atoms with Crippen LogP contribution in [-0.4, -0.2) is 88.2 Å².